The summed E-state index contributed by atoms with van der Waals surface area (Å²) in [5.41, 5.74) is 1.08. The van der Waals surface area contributed by atoms with Gasteiger partial charge in [0.25, 0.3) is 0 Å². The number of rotatable bonds is 6. The molecule has 1 atom stereocenters. The molecular formula is C18H29N3O2. The predicted octanol–water partition coefficient (Wildman–Crippen LogP) is 3.38. The van der Waals surface area contributed by atoms with Gasteiger partial charge in [0.1, 0.15) is 0 Å². The van der Waals surface area contributed by atoms with E-state index in [0.29, 0.717) is 6.61 Å². The summed E-state index contributed by atoms with van der Waals surface area (Å²) < 4.78 is 5.28. The summed E-state index contributed by atoms with van der Waals surface area (Å²) in [6, 6.07) is 5.48. The van der Waals surface area contributed by atoms with Crippen LogP contribution in [0.4, 0.5) is 4.79 Å². The zero-order chi connectivity index (χ0) is 16.7. The molecule has 2 rings (SSSR count). The molecule has 0 bridgehead atoms. The standard InChI is InChI=1S/C18H29N3O2/c1-18(10-6-4-7-11-18)14-20-17(22)21(2)16(13-23-3)15-9-5-8-12-19-15/h5,8-9,12,16H,4,6-7,10-11,13-14H2,1-3H3,(H,20,22)/t16-/m0/s1. The highest BCUT2D eigenvalue weighted by molar-refractivity contribution is 5.74. The number of pyridine rings is 1. The minimum Gasteiger partial charge on any atom is -0.382 e. The Hall–Kier alpha value is -1.62. The summed E-state index contributed by atoms with van der Waals surface area (Å²) in [7, 11) is 3.45. The smallest absolute Gasteiger partial charge is 0.317 e. The van der Waals surface area contributed by atoms with Gasteiger partial charge in [-0.1, -0.05) is 32.3 Å². The third-order valence-electron chi connectivity index (χ3n) is 4.87. The summed E-state index contributed by atoms with van der Waals surface area (Å²) >= 11 is 0. The largest absolute Gasteiger partial charge is 0.382 e. The van der Waals surface area contributed by atoms with Gasteiger partial charge in [-0.2, -0.15) is 0 Å². The number of nitrogens with zero attached hydrogens (tertiary/aromatic N) is 2. The van der Waals surface area contributed by atoms with E-state index >= 15 is 0 Å². The molecule has 1 saturated carbocycles. The van der Waals surface area contributed by atoms with Crippen LogP contribution in [0.2, 0.25) is 0 Å². The van der Waals surface area contributed by atoms with E-state index in [1.54, 1.807) is 25.3 Å². The molecule has 1 fully saturated rings. The number of carbonyl (C=O) groups is 1. The third kappa shape index (κ3) is 4.93. The lowest BCUT2D eigenvalue weighted by Crippen LogP contribution is -2.45. The number of hydrogen-bond donors (Lipinski definition) is 1. The van der Waals surface area contributed by atoms with Crippen LogP contribution in [0.1, 0.15) is 50.8 Å². The van der Waals surface area contributed by atoms with E-state index in [1.165, 1.54) is 32.1 Å². The van der Waals surface area contributed by atoms with Gasteiger partial charge in [-0.15, -0.1) is 0 Å². The Balaban J connectivity index is 1.96. The van der Waals surface area contributed by atoms with Crippen LogP contribution in [0.25, 0.3) is 0 Å². The van der Waals surface area contributed by atoms with Crippen LogP contribution in [0, 0.1) is 5.41 Å². The Kier molecular flexibility index (Phi) is 6.39. The molecule has 5 nitrogen and oxygen atoms in total. The van der Waals surface area contributed by atoms with Crippen molar-refractivity contribution in [3.8, 4) is 0 Å². The fourth-order valence-electron chi connectivity index (χ4n) is 3.26. The van der Waals surface area contributed by atoms with Crippen molar-refractivity contribution in [2.75, 3.05) is 27.3 Å². The molecule has 1 aromatic heterocycles. The zero-order valence-electron chi connectivity index (χ0n) is 14.5. The van der Waals surface area contributed by atoms with Crippen molar-refractivity contribution < 1.29 is 9.53 Å². The predicted molar refractivity (Wildman–Crippen MR) is 91.2 cm³/mol. The number of urea groups is 1. The van der Waals surface area contributed by atoms with E-state index in [9.17, 15) is 4.79 Å². The molecule has 5 heteroatoms. The number of nitrogens with one attached hydrogen (secondary N) is 1. The summed E-state index contributed by atoms with van der Waals surface area (Å²) in [5.74, 6) is 0. The summed E-state index contributed by atoms with van der Waals surface area (Å²) in [6.45, 7) is 3.44. The van der Waals surface area contributed by atoms with E-state index in [4.69, 9.17) is 4.74 Å². The highest BCUT2D eigenvalue weighted by Crippen LogP contribution is 2.35. The van der Waals surface area contributed by atoms with Crippen molar-refractivity contribution in [3.05, 3.63) is 30.1 Å². The highest BCUT2D eigenvalue weighted by Gasteiger charge is 2.29. The molecule has 0 radical (unpaired) electrons. The lowest BCUT2D eigenvalue weighted by molar-refractivity contribution is 0.111. The molecule has 23 heavy (non-hydrogen) atoms. The van der Waals surface area contributed by atoms with Gasteiger partial charge in [0, 0.05) is 26.9 Å². The first-order valence-corrected chi connectivity index (χ1v) is 8.46. The number of likely N-dealkylation sites (N-methyl/N-ethyl adjacent to an activating group) is 1. The molecule has 0 aliphatic heterocycles. The van der Waals surface area contributed by atoms with Crippen molar-refractivity contribution in [1.82, 2.24) is 15.2 Å². The molecule has 1 aliphatic carbocycles. The van der Waals surface area contributed by atoms with Gasteiger partial charge >= 0.3 is 6.03 Å². The van der Waals surface area contributed by atoms with Crippen molar-refractivity contribution in [2.45, 2.75) is 45.1 Å². The number of amides is 2. The summed E-state index contributed by atoms with van der Waals surface area (Å²) in [4.78, 5) is 18.6. The van der Waals surface area contributed by atoms with Gasteiger partial charge in [-0.05, 0) is 30.4 Å². The monoisotopic (exact) mass is 319 g/mol. The molecule has 1 aromatic rings. The molecule has 128 valence electrons. The van der Waals surface area contributed by atoms with Crippen LogP contribution in [0.5, 0.6) is 0 Å². The lowest BCUT2D eigenvalue weighted by atomic mass is 9.76. The molecule has 0 aromatic carbocycles. The van der Waals surface area contributed by atoms with Crippen molar-refractivity contribution in [3.63, 3.8) is 0 Å². The minimum absolute atomic E-state index is 0.0653. The molecule has 0 saturated heterocycles. The molecule has 1 N–H and O–H groups in total. The van der Waals surface area contributed by atoms with E-state index in [1.807, 2.05) is 18.2 Å². The topological polar surface area (TPSA) is 54.5 Å². The maximum atomic E-state index is 12.5. The normalized spacial score (nSPS) is 18.2. The number of methoxy groups -OCH3 is 1. The van der Waals surface area contributed by atoms with Crippen LogP contribution in [-0.2, 0) is 4.74 Å². The molecule has 2 amide bonds. The first-order chi connectivity index (χ1) is 11.1. The minimum atomic E-state index is -0.180. The van der Waals surface area contributed by atoms with E-state index in [-0.39, 0.29) is 17.5 Å². The zero-order valence-corrected chi connectivity index (χ0v) is 14.5. The van der Waals surface area contributed by atoms with E-state index in [0.717, 1.165) is 12.2 Å². The van der Waals surface area contributed by atoms with Crippen molar-refractivity contribution in [2.24, 2.45) is 5.41 Å². The summed E-state index contributed by atoms with van der Waals surface area (Å²) in [5, 5.41) is 3.10. The number of carbonyl (C=O) groups excluding carboxylic acids is 1. The average molecular weight is 319 g/mol. The van der Waals surface area contributed by atoms with Gasteiger partial charge in [0.15, 0.2) is 0 Å². The van der Waals surface area contributed by atoms with Crippen LogP contribution >= 0.6 is 0 Å². The lowest BCUT2D eigenvalue weighted by Gasteiger charge is -2.35. The van der Waals surface area contributed by atoms with Crippen molar-refractivity contribution in [1.29, 1.82) is 0 Å². The van der Waals surface area contributed by atoms with Gasteiger partial charge in [0.05, 0.1) is 18.3 Å². The fourth-order valence-corrected chi connectivity index (χ4v) is 3.26. The first-order valence-electron chi connectivity index (χ1n) is 8.46. The van der Waals surface area contributed by atoms with Gasteiger partial charge in [0.2, 0.25) is 0 Å². The van der Waals surface area contributed by atoms with Crippen LogP contribution in [0.3, 0.4) is 0 Å². The molecule has 0 spiro atoms. The SMILES string of the molecule is COC[C@@H](c1ccccn1)N(C)C(=O)NCC1(C)CCCCC1. The Morgan fingerprint density at radius 1 is 1.39 bits per heavy atom. The summed E-state index contributed by atoms with van der Waals surface area (Å²) in [6.07, 6.45) is 7.98. The third-order valence-corrected chi connectivity index (χ3v) is 4.87. The average Bonchev–Trinajstić information content (AvgIpc) is 2.58. The Bertz CT molecular complexity index is 486. The number of aromatic nitrogens is 1. The van der Waals surface area contributed by atoms with Gasteiger partial charge in [-0.25, -0.2) is 4.79 Å². The highest BCUT2D eigenvalue weighted by atomic mass is 16.5. The van der Waals surface area contributed by atoms with E-state index in [2.05, 4.69) is 17.2 Å². The van der Waals surface area contributed by atoms with Crippen molar-refractivity contribution >= 4 is 6.03 Å². The van der Waals surface area contributed by atoms with Crippen LogP contribution < -0.4 is 5.32 Å². The molecular weight excluding hydrogens is 290 g/mol. The molecule has 1 heterocycles. The first kappa shape index (κ1) is 17.7. The van der Waals surface area contributed by atoms with Crippen LogP contribution in [0.15, 0.2) is 24.4 Å². The molecule has 1 aliphatic rings. The second kappa shape index (κ2) is 8.29. The number of ether oxygens (including phenoxy) is 1. The number of hydrogen-bond acceptors (Lipinski definition) is 3. The Morgan fingerprint density at radius 3 is 2.74 bits per heavy atom. The maximum absolute atomic E-state index is 12.5. The Morgan fingerprint density at radius 2 is 2.13 bits per heavy atom. The van der Waals surface area contributed by atoms with Gasteiger partial charge < -0.3 is 15.0 Å². The van der Waals surface area contributed by atoms with E-state index < -0.39 is 0 Å². The molecule has 0 unspecified atom stereocenters. The van der Waals surface area contributed by atoms with Gasteiger partial charge in [-0.3, -0.25) is 4.98 Å². The fraction of sp³-hybridized carbons (Fsp3) is 0.667. The second-order valence-electron chi connectivity index (χ2n) is 6.87. The van der Waals surface area contributed by atoms with Crippen LogP contribution in [-0.4, -0.2) is 43.2 Å². The Labute approximate surface area is 139 Å². The second-order valence-corrected chi connectivity index (χ2v) is 6.87. The quantitative estimate of drug-likeness (QED) is 0.874. The maximum Gasteiger partial charge on any atom is 0.317 e.